The first-order valence-electron chi connectivity index (χ1n) is 5.52. The number of ether oxygens (including phenoxy) is 2. The zero-order valence-corrected chi connectivity index (χ0v) is 11.4. The third-order valence-electron chi connectivity index (χ3n) is 1.97. The van der Waals surface area contributed by atoms with Crippen LogP contribution >= 0.6 is 11.3 Å². The summed E-state index contributed by atoms with van der Waals surface area (Å²) in [6.07, 6.45) is 0. The van der Waals surface area contributed by atoms with Crippen molar-refractivity contribution in [2.24, 2.45) is 0 Å². The molecule has 0 atom stereocenters. The van der Waals surface area contributed by atoms with Crippen LogP contribution in [0.1, 0.15) is 5.01 Å². The van der Waals surface area contributed by atoms with Crippen molar-refractivity contribution >= 4 is 11.3 Å². The molecular formula is C10H20N4O2S. The van der Waals surface area contributed by atoms with Crippen molar-refractivity contribution in [2.45, 2.75) is 6.54 Å². The van der Waals surface area contributed by atoms with Gasteiger partial charge in [0.15, 0.2) is 0 Å². The van der Waals surface area contributed by atoms with E-state index in [1.807, 2.05) is 14.1 Å². The Bertz CT molecular complexity index is 306. The van der Waals surface area contributed by atoms with E-state index >= 15 is 0 Å². The Labute approximate surface area is 106 Å². The van der Waals surface area contributed by atoms with Crippen molar-refractivity contribution in [1.29, 1.82) is 0 Å². The first-order valence-corrected chi connectivity index (χ1v) is 6.33. The van der Waals surface area contributed by atoms with Gasteiger partial charge in [-0.1, -0.05) is 11.3 Å². The molecule has 6 nitrogen and oxygen atoms in total. The zero-order valence-electron chi connectivity index (χ0n) is 10.6. The minimum absolute atomic E-state index is 0.635. The van der Waals surface area contributed by atoms with Crippen LogP contribution in [0.3, 0.4) is 0 Å². The van der Waals surface area contributed by atoms with Crippen LogP contribution in [0.4, 0.5) is 0 Å². The smallest absolute Gasteiger partial charge is 0.294 e. The molecule has 0 aliphatic carbocycles. The van der Waals surface area contributed by atoms with Gasteiger partial charge in [-0.2, -0.15) is 0 Å². The maximum atomic E-state index is 5.48. The molecule has 1 heterocycles. The highest BCUT2D eigenvalue weighted by molar-refractivity contribution is 7.13. The molecule has 17 heavy (non-hydrogen) atoms. The third kappa shape index (κ3) is 6.52. The normalized spacial score (nSPS) is 11.1. The second-order valence-corrected chi connectivity index (χ2v) is 4.81. The van der Waals surface area contributed by atoms with Gasteiger partial charge in [-0.05, 0) is 14.1 Å². The first-order chi connectivity index (χ1) is 8.22. The third-order valence-corrected chi connectivity index (χ3v) is 2.81. The van der Waals surface area contributed by atoms with Gasteiger partial charge in [0.2, 0.25) is 0 Å². The highest BCUT2D eigenvalue weighted by atomic mass is 32.1. The Balaban J connectivity index is 2.18. The van der Waals surface area contributed by atoms with Gasteiger partial charge in [0, 0.05) is 26.7 Å². The number of hydrogen-bond acceptors (Lipinski definition) is 7. The van der Waals surface area contributed by atoms with E-state index in [1.165, 1.54) is 11.3 Å². The SMILES string of the molecule is COCCNCc1nnc(OCCN(C)C)s1. The largest absolute Gasteiger partial charge is 0.468 e. The fourth-order valence-corrected chi connectivity index (χ4v) is 1.73. The molecule has 0 spiro atoms. The Morgan fingerprint density at radius 2 is 2.12 bits per heavy atom. The van der Waals surface area contributed by atoms with Crippen molar-refractivity contribution in [3.63, 3.8) is 0 Å². The molecule has 0 bridgehead atoms. The number of likely N-dealkylation sites (N-methyl/N-ethyl adjacent to an activating group) is 1. The molecule has 0 amide bonds. The van der Waals surface area contributed by atoms with Crippen molar-refractivity contribution in [3.8, 4) is 5.19 Å². The summed E-state index contributed by atoms with van der Waals surface area (Å²) in [5, 5.41) is 12.8. The standard InChI is InChI=1S/C10H20N4O2S/c1-14(2)5-7-16-10-13-12-9(17-10)8-11-4-6-15-3/h11H,4-8H2,1-3H3. The molecule has 0 radical (unpaired) electrons. The quantitative estimate of drug-likeness (QED) is 0.641. The van der Waals surface area contributed by atoms with E-state index in [-0.39, 0.29) is 0 Å². The van der Waals surface area contributed by atoms with E-state index in [4.69, 9.17) is 9.47 Å². The van der Waals surface area contributed by atoms with Crippen molar-refractivity contribution in [3.05, 3.63) is 5.01 Å². The molecule has 1 N–H and O–H groups in total. The van der Waals surface area contributed by atoms with Crippen LogP contribution < -0.4 is 10.1 Å². The van der Waals surface area contributed by atoms with Crippen LogP contribution in [-0.4, -0.2) is 62.6 Å². The second-order valence-electron chi connectivity index (χ2n) is 3.78. The molecule has 0 aliphatic rings. The highest BCUT2D eigenvalue weighted by Gasteiger charge is 2.04. The number of aromatic nitrogens is 2. The lowest BCUT2D eigenvalue weighted by molar-refractivity contribution is 0.199. The van der Waals surface area contributed by atoms with Crippen LogP contribution in [0.2, 0.25) is 0 Å². The maximum Gasteiger partial charge on any atom is 0.294 e. The van der Waals surface area contributed by atoms with E-state index in [9.17, 15) is 0 Å². The number of methoxy groups -OCH3 is 1. The summed E-state index contributed by atoms with van der Waals surface area (Å²) in [5.41, 5.74) is 0. The molecule has 0 fully saturated rings. The highest BCUT2D eigenvalue weighted by Crippen LogP contribution is 2.17. The van der Waals surface area contributed by atoms with Gasteiger partial charge >= 0.3 is 0 Å². The van der Waals surface area contributed by atoms with Crippen molar-refractivity contribution in [2.75, 3.05) is 47.5 Å². The average Bonchev–Trinajstić information content (AvgIpc) is 2.72. The maximum absolute atomic E-state index is 5.48. The fourth-order valence-electron chi connectivity index (χ4n) is 1.05. The molecule has 0 saturated heterocycles. The lowest BCUT2D eigenvalue weighted by atomic mass is 10.6. The van der Waals surface area contributed by atoms with Gasteiger partial charge in [-0.25, -0.2) is 0 Å². The summed E-state index contributed by atoms with van der Waals surface area (Å²) in [4.78, 5) is 2.06. The Morgan fingerprint density at radius 3 is 2.82 bits per heavy atom. The zero-order chi connectivity index (χ0) is 12.5. The number of hydrogen-bond donors (Lipinski definition) is 1. The lowest BCUT2D eigenvalue weighted by Gasteiger charge is -2.08. The predicted molar refractivity (Wildman–Crippen MR) is 67.5 cm³/mol. The van der Waals surface area contributed by atoms with Gasteiger partial charge in [0.1, 0.15) is 11.6 Å². The summed E-state index contributed by atoms with van der Waals surface area (Å²) in [6.45, 7) is 3.73. The number of rotatable bonds is 9. The number of nitrogens with zero attached hydrogens (tertiary/aromatic N) is 3. The van der Waals surface area contributed by atoms with E-state index in [0.29, 0.717) is 25.0 Å². The van der Waals surface area contributed by atoms with Gasteiger partial charge < -0.3 is 19.7 Å². The average molecular weight is 260 g/mol. The van der Waals surface area contributed by atoms with Gasteiger partial charge in [-0.3, -0.25) is 0 Å². The predicted octanol–water partition coefficient (Wildman–Crippen LogP) is 0.214. The summed E-state index contributed by atoms with van der Waals surface area (Å²) in [7, 11) is 5.70. The lowest BCUT2D eigenvalue weighted by Crippen LogP contribution is -2.19. The minimum atomic E-state index is 0.635. The van der Waals surface area contributed by atoms with Crippen molar-refractivity contribution in [1.82, 2.24) is 20.4 Å². The van der Waals surface area contributed by atoms with Crippen molar-refractivity contribution < 1.29 is 9.47 Å². The number of nitrogens with one attached hydrogen (secondary N) is 1. The summed E-state index contributed by atoms with van der Waals surface area (Å²) in [6, 6.07) is 0. The molecular weight excluding hydrogens is 240 g/mol. The van der Waals surface area contributed by atoms with E-state index in [1.54, 1.807) is 7.11 Å². The molecule has 0 unspecified atom stereocenters. The van der Waals surface area contributed by atoms with Crippen LogP contribution in [0.15, 0.2) is 0 Å². The molecule has 1 aromatic rings. The molecule has 7 heteroatoms. The molecule has 1 rings (SSSR count). The topological polar surface area (TPSA) is 59.5 Å². The molecule has 0 aromatic carbocycles. The van der Waals surface area contributed by atoms with Crippen LogP contribution in [0, 0.1) is 0 Å². The van der Waals surface area contributed by atoms with Crippen LogP contribution in [0.25, 0.3) is 0 Å². The minimum Gasteiger partial charge on any atom is -0.468 e. The van der Waals surface area contributed by atoms with Crippen LogP contribution in [0.5, 0.6) is 5.19 Å². The molecule has 0 saturated carbocycles. The molecule has 1 aromatic heterocycles. The second kappa shape index (κ2) is 8.35. The van der Waals surface area contributed by atoms with Gasteiger partial charge in [-0.15, -0.1) is 10.2 Å². The Hall–Kier alpha value is -0.760. The Morgan fingerprint density at radius 1 is 1.29 bits per heavy atom. The summed E-state index contributed by atoms with van der Waals surface area (Å²) >= 11 is 1.48. The molecule has 0 aliphatic heterocycles. The Kier molecular flexibility index (Phi) is 7.02. The van der Waals surface area contributed by atoms with Gasteiger partial charge in [0.05, 0.1) is 6.61 Å². The fraction of sp³-hybridized carbons (Fsp3) is 0.800. The van der Waals surface area contributed by atoms with E-state index in [2.05, 4.69) is 20.4 Å². The monoisotopic (exact) mass is 260 g/mol. The van der Waals surface area contributed by atoms with E-state index in [0.717, 1.165) is 18.1 Å². The first kappa shape index (κ1) is 14.3. The summed E-state index contributed by atoms with van der Waals surface area (Å²) in [5.74, 6) is 0. The van der Waals surface area contributed by atoms with Crippen LogP contribution in [-0.2, 0) is 11.3 Å². The van der Waals surface area contributed by atoms with E-state index < -0.39 is 0 Å². The molecule has 98 valence electrons. The van der Waals surface area contributed by atoms with Gasteiger partial charge in [0.25, 0.3) is 5.19 Å². The summed E-state index contributed by atoms with van der Waals surface area (Å²) < 4.78 is 10.4.